The van der Waals surface area contributed by atoms with Crippen LogP contribution in [0.25, 0.3) is 10.9 Å². The van der Waals surface area contributed by atoms with E-state index in [2.05, 4.69) is 10.3 Å². The van der Waals surface area contributed by atoms with Gasteiger partial charge in [0.2, 0.25) is 0 Å². The Kier molecular flexibility index (Phi) is 3.18. The Hall–Kier alpha value is -2.30. The van der Waals surface area contributed by atoms with Gasteiger partial charge in [-0.1, -0.05) is 6.07 Å². The summed E-state index contributed by atoms with van der Waals surface area (Å²) in [6.07, 6.45) is 3.72. The monoisotopic (exact) mass is 272 g/mol. The van der Waals surface area contributed by atoms with Crippen LogP contribution in [0.15, 0.2) is 30.5 Å². The molecule has 1 aromatic heterocycles. The molecule has 2 aromatic rings. The number of hydrogen-bond acceptors (Lipinski definition) is 2. The topological polar surface area (TPSA) is 82.2 Å². The number of hydrogen-bond donors (Lipinski definition) is 3. The summed E-state index contributed by atoms with van der Waals surface area (Å²) in [4.78, 5) is 26.1. The predicted octanol–water partition coefficient (Wildman–Crippen LogP) is 2.15. The second-order valence-electron chi connectivity index (χ2n) is 5.30. The summed E-state index contributed by atoms with van der Waals surface area (Å²) in [5.74, 6) is -1.24. The summed E-state index contributed by atoms with van der Waals surface area (Å²) in [5.41, 5.74) is 1.52. The third-order valence-corrected chi connectivity index (χ3v) is 3.93. The zero-order chi connectivity index (χ0) is 14.1. The molecule has 1 saturated carbocycles. The van der Waals surface area contributed by atoms with E-state index in [1.165, 1.54) is 0 Å². The Morgan fingerprint density at radius 3 is 2.85 bits per heavy atom. The number of fused-ring (bicyclic) bond motifs is 1. The predicted molar refractivity (Wildman–Crippen MR) is 74.5 cm³/mol. The van der Waals surface area contributed by atoms with E-state index in [1.54, 1.807) is 6.07 Å². The van der Waals surface area contributed by atoms with E-state index in [0.29, 0.717) is 18.4 Å². The molecule has 2 atom stereocenters. The molecule has 0 aliphatic heterocycles. The van der Waals surface area contributed by atoms with Crippen molar-refractivity contribution in [3.8, 4) is 0 Å². The molecule has 0 unspecified atom stereocenters. The molecule has 3 rings (SSSR count). The summed E-state index contributed by atoms with van der Waals surface area (Å²) in [5, 5.41) is 12.9. The van der Waals surface area contributed by atoms with E-state index >= 15 is 0 Å². The average Bonchev–Trinajstić information content (AvgIpc) is 3.05. The summed E-state index contributed by atoms with van der Waals surface area (Å²) in [6, 6.07) is 7.41. The molecule has 1 amide bonds. The molecule has 1 aromatic carbocycles. The van der Waals surface area contributed by atoms with Gasteiger partial charge in [0.05, 0.1) is 5.92 Å². The molecule has 1 aliphatic rings. The number of aromatic nitrogens is 1. The van der Waals surface area contributed by atoms with E-state index in [4.69, 9.17) is 5.11 Å². The van der Waals surface area contributed by atoms with Crippen molar-refractivity contribution < 1.29 is 14.7 Å². The van der Waals surface area contributed by atoms with Crippen molar-refractivity contribution in [3.63, 3.8) is 0 Å². The van der Waals surface area contributed by atoms with Gasteiger partial charge < -0.3 is 15.4 Å². The van der Waals surface area contributed by atoms with Gasteiger partial charge in [0, 0.05) is 23.3 Å². The van der Waals surface area contributed by atoms with Gasteiger partial charge in [-0.3, -0.25) is 9.59 Å². The minimum atomic E-state index is -0.769. The first-order valence-corrected chi connectivity index (χ1v) is 6.74. The fourth-order valence-electron chi connectivity index (χ4n) is 2.79. The van der Waals surface area contributed by atoms with Crippen LogP contribution in [-0.4, -0.2) is 28.0 Å². The Bertz CT molecular complexity index is 662. The molecule has 0 spiro atoms. The Morgan fingerprint density at radius 1 is 1.25 bits per heavy atom. The first-order chi connectivity index (χ1) is 9.63. The lowest BCUT2D eigenvalue weighted by atomic mass is 10.1. The number of carbonyl (C=O) groups excluding carboxylic acids is 1. The molecule has 1 fully saturated rings. The summed E-state index contributed by atoms with van der Waals surface area (Å²) >= 11 is 0. The first-order valence-electron chi connectivity index (χ1n) is 6.74. The quantitative estimate of drug-likeness (QED) is 0.800. The Morgan fingerprint density at radius 2 is 2.10 bits per heavy atom. The van der Waals surface area contributed by atoms with Gasteiger partial charge in [-0.05, 0) is 42.8 Å². The summed E-state index contributed by atoms with van der Waals surface area (Å²) in [7, 11) is 0. The van der Waals surface area contributed by atoms with Crippen molar-refractivity contribution in [3.05, 3.63) is 36.0 Å². The number of carbonyl (C=O) groups is 2. The van der Waals surface area contributed by atoms with Crippen LogP contribution in [0.2, 0.25) is 0 Å². The molecular formula is C15H16N2O3. The highest BCUT2D eigenvalue weighted by Gasteiger charge is 2.30. The van der Waals surface area contributed by atoms with Crippen molar-refractivity contribution in [1.29, 1.82) is 0 Å². The molecule has 0 bridgehead atoms. The molecular weight excluding hydrogens is 256 g/mol. The van der Waals surface area contributed by atoms with Crippen molar-refractivity contribution in [2.24, 2.45) is 5.92 Å². The van der Waals surface area contributed by atoms with Crippen LogP contribution < -0.4 is 5.32 Å². The summed E-state index contributed by atoms with van der Waals surface area (Å²) < 4.78 is 0. The highest BCUT2D eigenvalue weighted by atomic mass is 16.4. The van der Waals surface area contributed by atoms with Gasteiger partial charge in [-0.15, -0.1) is 0 Å². The Balaban J connectivity index is 1.68. The minimum absolute atomic E-state index is 0.0389. The highest BCUT2D eigenvalue weighted by molar-refractivity contribution is 5.98. The van der Waals surface area contributed by atoms with E-state index in [-0.39, 0.29) is 17.9 Å². The third kappa shape index (κ3) is 2.39. The molecule has 5 heteroatoms. The second kappa shape index (κ2) is 5.00. The molecule has 5 nitrogen and oxygen atoms in total. The van der Waals surface area contributed by atoms with E-state index in [1.807, 2.05) is 24.4 Å². The van der Waals surface area contributed by atoms with Crippen LogP contribution in [0.1, 0.15) is 29.6 Å². The zero-order valence-corrected chi connectivity index (χ0v) is 10.9. The fraction of sp³-hybridized carbons (Fsp3) is 0.333. The SMILES string of the molecule is O=C(N[C@@H]1CC[C@H](C(=O)O)C1)c1ccc2cc[nH]c2c1. The molecule has 0 saturated heterocycles. The van der Waals surface area contributed by atoms with E-state index < -0.39 is 5.97 Å². The molecule has 0 radical (unpaired) electrons. The normalized spacial score (nSPS) is 22.0. The Labute approximate surface area is 116 Å². The first kappa shape index (κ1) is 12.7. The molecule has 104 valence electrons. The van der Waals surface area contributed by atoms with E-state index in [9.17, 15) is 9.59 Å². The van der Waals surface area contributed by atoms with Gasteiger partial charge in [0.1, 0.15) is 0 Å². The van der Waals surface area contributed by atoms with Crippen LogP contribution in [0.3, 0.4) is 0 Å². The summed E-state index contributed by atoms with van der Waals surface area (Å²) in [6.45, 7) is 0. The number of rotatable bonds is 3. The van der Waals surface area contributed by atoms with Gasteiger partial charge in [0.25, 0.3) is 5.91 Å². The van der Waals surface area contributed by atoms with Gasteiger partial charge in [-0.25, -0.2) is 0 Å². The molecule has 1 heterocycles. The van der Waals surface area contributed by atoms with Crippen molar-refractivity contribution >= 4 is 22.8 Å². The van der Waals surface area contributed by atoms with Gasteiger partial charge >= 0.3 is 5.97 Å². The number of H-pyrrole nitrogens is 1. The van der Waals surface area contributed by atoms with Crippen molar-refractivity contribution in [2.75, 3.05) is 0 Å². The number of nitrogens with one attached hydrogen (secondary N) is 2. The molecule has 1 aliphatic carbocycles. The van der Waals surface area contributed by atoms with Crippen LogP contribution in [0, 0.1) is 5.92 Å². The van der Waals surface area contributed by atoms with Gasteiger partial charge in [-0.2, -0.15) is 0 Å². The lowest BCUT2D eigenvalue weighted by Crippen LogP contribution is -2.33. The second-order valence-corrected chi connectivity index (χ2v) is 5.30. The smallest absolute Gasteiger partial charge is 0.306 e. The number of carboxylic acids is 1. The van der Waals surface area contributed by atoms with Crippen LogP contribution in [-0.2, 0) is 4.79 Å². The number of aliphatic carboxylic acids is 1. The van der Waals surface area contributed by atoms with Gasteiger partial charge in [0.15, 0.2) is 0 Å². The average molecular weight is 272 g/mol. The largest absolute Gasteiger partial charge is 0.481 e. The number of benzene rings is 1. The maximum absolute atomic E-state index is 12.2. The lowest BCUT2D eigenvalue weighted by Gasteiger charge is -2.12. The molecule has 3 N–H and O–H groups in total. The number of amides is 1. The number of carboxylic acid groups (broad SMARTS) is 1. The standard InChI is InChI=1S/C15H16N2O3/c18-14(17-12-4-3-11(7-12)15(19)20)10-2-1-9-5-6-16-13(9)8-10/h1-2,5-6,8,11-12,16H,3-4,7H2,(H,17,18)(H,19,20)/t11-,12+/m0/s1. The fourth-order valence-corrected chi connectivity index (χ4v) is 2.79. The van der Waals surface area contributed by atoms with Crippen LogP contribution in [0.5, 0.6) is 0 Å². The third-order valence-electron chi connectivity index (χ3n) is 3.93. The highest BCUT2D eigenvalue weighted by Crippen LogP contribution is 2.26. The number of aromatic amines is 1. The molecule has 20 heavy (non-hydrogen) atoms. The van der Waals surface area contributed by atoms with E-state index in [0.717, 1.165) is 17.3 Å². The van der Waals surface area contributed by atoms with Crippen molar-refractivity contribution in [1.82, 2.24) is 10.3 Å². The lowest BCUT2D eigenvalue weighted by molar-refractivity contribution is -0.141. The van der Waals surface area contributed by atoms with Crippen LogP contribution >= 0.6 is 0 Å². The maximum atomic E-state index is 12.2. The van der Waals surface area contributed by atoms with Crippen LogP contribution in [0.4, 0.5) is 0 Å². The minimum Gasteiger partial charge on any atom is -0.481 e. The zero-order valence-electron chi connectivity index (χ0n) is 10.9. The van der Waals surface area contributed by atoms with Crippen molar-refractivity contribution in [2.45, 2.75) is 25.3 Å². The maximum Gasteiger partial charge on any atom is 0.306 e.